The highest BCUT2D eigenvalue weighted by atomic mass is 79.9. The predicted octanol–water partition coefficient (Wildman–Crippen LogP) is 5.91. The van der Waals surface area contributed by atoms with Crippen LogP contribution in [-0.2, 0) is 16.1 Å². The molecule has 3 aromatic carbocycles. The van der Waals surface area contributed by atoms with Crippen molar-refractivity contribution < 1.29 is 19.0 Å². The molecule has 1 atom stereocenters. The van der Waals surface area contributed by atoms with Crippen molar-refractivity contribution >= 4 is 55.2 Å². The minimum absolute atomic E-state index is 0.207. The second-order valence-corrected chi connectivity index (χ2v) is 11.9. The number of fused-ring (bicyclic) bond motifs is 1. The van der Waals surface area contributed by atoms with Gasteiger partial charge in [-0.15, -0.1) is 0 Å². The molecule has 2 heterocycles. The first kappa shape index (κ1) is 29.0. The van der Waals surface area contributed by atoms with Gasteiger partial charge >= 0.3 is 5.97 Å². The summed E-state index contributed by atoms with van der Waals surface area (Å²) in [5.74, 6) is 0.837. The van der Waals surface area contributed by atoms with Crippen LogP contribution in [0.2, 0.25) is 0 Å². The van der Waals surface area contributed by atoms with E-state index in [9.17, 15) is 9.59 Å². The summed E-state index contributed by atoms with van der Waals surface area (Å²) in [6.07, 6.45) is 1.82. The van der Waals surface area contributed by atoms with Gasteiger partial charge in [-0.2, -0.15) is 0 Å². The van der Waals surface area contributed by atoms with Gasteiger partial charge in [0.2, 0.25) is 0 Å². The first-order chi connectivity index (χ1) is 19.8. The lowest BCUT2D eigenvalue weighted by atomic mass is 9.96. The standard InChI is InChI=1S/C31H26Br2N2O5S/c1-4-39-30(37)27-18(2)34-31-35(28(27)21-11-13-24(38-3)23(33)16-21)29(36)26(41-31)15-20-10-12-25(22(32)14-20)40-17-19-8-6-5-7-9-19/h5-16,28H,4,17H2,1-3H3/b26-15+/t28-/m0/s1. The molecule has 1 aromatic heterocycles. The maximum Gasteiger partial charge on any atom is 0.338 e. The number of ether oxygens (including phenoxy) is 3. The number of thiazole rings is 1. The third kappa shape index (κ3) is 6.10. The van der Waals surface area contributed by atoms with Crippen molar-refractivity contribution in [3.63, 3.8) is 0 Å². The van der Waals surface area contributed by atoms with E-state index in [-0.39, 0.29) is 12.2 Å². The van der Waals surface area contributed by atoms with Crippen LogP contribution in [0, 0.1) is 0 Å². The van der Waals surface area contributed by atoms with Gasteiger partial charge in [0.05, 0.1) is 44.5 Å². The molecule has 7 nitrogen and oxygen atoms in total. The second kappa shape index (κ2) is 12.6. The average molecular weight is 698 g/mol. The lowest BCUT2D eigenvalue weighted by Crippen LogP contribution is -2.39. The molecule has 0 unspecified atom stereocenters. The van der Waals surface area contributed by atoms with E-state index in [4.69, 9.17) is 14.2 Å². The van der Waals surface area contributed by atoms with Gasteiger partial charge in [0.1, 0.15) is 18.1 Å². The Morgan fingerprint density at radius 2 is 1.78 bits per heavy atom. The molecular formula is C31H26Br2N2O5S. The molecule has 210 valence electrons. The van der Waals surface area contributed by atoms with E-state index in [2.05, 4.69) is 36.9 Å². The third-order valence-corrected chi connectivity index (χ3v) is 8.72. The third-order valence-electron chi connectivity index (χ3n) is 6.50. The molecule has 1 aliphatic heterocycles. The Bertz CT molecular complexity index is 1830. The van der Waals surface area contributed by atoms with Crippen LogP contribution in [-0.4, -0.2) is 24.3 Å². The number of methoxy groups -OCH3 is 1. The van der Waals surface area contributed by atoms with Crippen molar-refractivity contribution in [1.29, 1.82) is 0 Å². The summed E-state index contributed by atoms with van der Waals surface area (Å²) in [5, 5.41) is 0. The fraction of sp³-hybridized carbons (Fsp3) is 0.194. The number of benzene rings is 3. The predicted molar refractivity (Wildman–Crippen MR) is 166 cm³/mol. The minimum atomic E-state index is -0.713. The number of carbonyl (C=O) groups is 1. The van der Waals surface area contributed by atoms with Gasteiger partial charge < -0.3 is 14.2 Å². The minimum Gasteiger partial charge on any atom is -0.496 e. The zero-order valence-corrected chi connectivity index (χ0v) is 26.5. The Morgan fingerprint density at radius 1 is 1.05 bits per heavy atom. The van der Waals surface area contributed by atoms with Crippen LogP contribution >= 0.6 is 43.2 Å². The Kier molecular flexibility index (Phi) is 8.91. The molecule has 0 spiro atoms. The highest BCUT2D eigenvalue weighted by molar-refractivity contribution is 9.10. The van der Waals surface area contributed by atoms with Crippen LogP contribution in [0.15, 0.2) is 96.7 Å². The lowest BCUT2D eigenvalue weighted by molar-refractivity contribution is -0.139. The van der Waals surface area contributed by atoms with Crippen molar-refractivity contribution in [2.45, 2.75) is 26.5 Å². The normalized spacial score (nSPS) is 14.9. The van der Waals surface area contributed by atoms with Crippen molar-refractivity contribution in [1.82, 2.24) is 4.57 Å². The number of rotatable bonds is 8. The van der Waals surface area contributed by atoms with Gasteiger partial charge in [-0.25, -0.2) is 9.79 Å². The van der Waals surface area contributed by atoms with Crippen LogP contribution in [0.25, 0.3) is 6.08 Å². The number of hydrogen-bond acceptors (Lipinski definition) is 7. The fourth-order valence-corrected chi connectivity index (χ4v) is 6.69. The quantitative estimate of drug-likeness (QED) is 0.214. The van der Waals surface area contributed by atoms with Crippen LogP contribution < -0.4 is 24.4 Å². The van der Waals surface area contributed by atoms with E-state index in [1.54, 1.807) is 31.6 Å². The Balaban J connectivity index is 1.55. The molecule has 0 saturated carbocycles. The number of aromatic nitrogens is 1. The molecule has 0 saturated heterocycles. The van der Waals surface area contributed by atoms with Crippen molar-refractivity contribution in [2.75, 3.05) is 13.7 Å². The molecule has 4 aromatic rings. The molecule has 5 rings (SSSR count). The first-order valence-corrected chi connectivity index (χ1v) is 15.2. The summed E-state index contributed by atoms with van der Waals surface area (Å²) < 4.78 is 20.3. The van der Waals surface area contributed by atoms with E-state index < -0.39 is 12.0 Å². The van der Waals surface area contributed by atoms with E-state index in [1.165, 1.54) is 11.3 Å². The summed E-state index contributed by atoms with van der Waals surface area (Å²) >= 11 is 8.41. The second-order valence-electron chi connectivity index (χ2n) is 9.16. The highest BCUT2D eigenvalue weighted by Crippen LogP contribution is 2.35. The first-order valence-electron chi connectivity index (χ1n) is 12.8. The van der Waals surface area contributed by atoms with Gasteiger partial charge in [-0.1, -0.05) is 53.8 Å². The van der Waals surface area contributed by atoms with E-state index >= 15 is 0 Å². The highest BCUT2D eigenvalue weighted by Gasteiger charge is 2.33. The van der Waals surface area contributed by atoms with E-state index in [0.29, 0.717) is 43.2 Å². The number of esters is 1. The Morgan fingerprint density at radius 3 is 2.46 bits per heavy atom. The maximum atomic E-state index is 13.9. The van der Waals surface area contributed by atoms with Crippen molar-refractivity contribution in [3.05, 3.63) is 123 Å². The van der Waals surface area contributed by atoms with Gasteiger partial charge in [0, 0.05) is 0 Å². The smallest absolute Gasteiger partial charge is 0.338 e. The number of nitrogens with zero attached hydrogens (tertiary/aromatic N) is 2. The Labute approximate surface area is 257 Å². The molecule has 0 radical (unpaired) electrons. The fourth-order valence-electron chi connectivity index (χ4n) is 4.57. The van der Waals surface area contributed by atoms with Crippen molar-refractivity contribution in [2.24, 2.45) is 4.99 Å². The summed E-state index contributed by atoms with van der Waals surface area (Å²) in [7, 11) is 1.58. The molecule has 10 heteroatoms. The monoisotopic (exact) mass is 696 g/mol. The molecule has 1 aliphatic rings. The lowest BCUT2D eigenvalue weighted by Gasteiger charge is -2.25. The number of hydrogen-bond donors (Lipinski definition) is 0. The van der Waals surface area contributed by atoms with Crippen LogP contribution in [0.1, 0.15) is 36.6 Å². The van der Waals surface area contributed by atoms with Gasteiger partial charge in [-0.3, -0.25) is 9.36 Å². The molecule has 0 amide bonds. The summed E-state index contributed by atoms with van der Waals surface area (Å²) in [6, 6.07) is 20.4. The maximum absolute atomic E-state index is 13.9. The zero-order valence-electron chi connectivity index (χ0n) is 22.5. The van der Waals surface area contributed by atoms with Crippen molar-refractivity contribution in [3.8, 4) is 11.5 Å². The van der Waals surface area contributed by atoms with Gasteiger partial charge in [-0.05, 0) is 92.7 Å². The SMILES string of the molecule is CCOC(=O)C1=C(C)N=c2s/c(=C/c3ccc(OCc4ccccc4)c(Br)c3)c(=O)n2[C@H]1c1ccc(OC)c(Br)c1. The Hall–Kier alpha value is -3.47. The molecule has 0 aliphatic carbocycles. The largest absolute Gasteiger partial charge is 0.496 e. The molecule has 0 fully saturated rings. The van der Waals surface area contributed by atoms with Crippen LogP contribution in [0.3, 0.4) is 0 Å². The van der Waals surface area contributed by atoms with E-state index in [0.717, 1.165) is 21.2 Å². The molecular weight excluding hydrogens is 672 g/mol. The summed E-state index contributed by atoms with van der Waals surface area (Å²) in [5.41, 5.74) is 3.20. The van der Waals surface area contributed by atoms with E-state index in [1.807, 2.05) is 66.7 Å². The number of allylic oxidation sites excluding steroid dienone is 1. The van der Waals surface area contributed by atoms with Crippen LogP contribution in [0.5, 0.6) is 11.5 Å². The summed E-state index contributed by atoms with van der Waals surface area (Å²) in [6.45, 7) is 4.16. The molecule has 0 bridgehead atoms. The van der Waals surface area contributed by atoms with Gasteiger partial charge in [0.15, 0.2) is 4.80 Å². The number of carbonyl (C=O) groups excluding carboxylic acids is 1. The zero-order chi connectivity index (χ0) is 29.1. The topological polar surface area (TPSA) is 79.1 Å². The van der Waals surface area contributed by atoms with Crippen LogP contribution in [0.4, 0.5) is 0 Å². The average Bonchev–Trinajstić information content (AvgIpc) is 3.26. The molecule has 0 N–H and O–H groups in total. The number of halogens is 2. The molecule has 41 heavy (non-hydrogen) atoms. The van der Waals surface area contributed by atoms with Gasteiger partial charge in [0.25, 0.3) is 5.56 Å². The summed E-state index contributed by atoms with van der Waals surface area (Å²) in [4.78, 5) is 32.2.